The number of anilines is 1. The van der Waals surface area contributed by atoms with Crippen LogP contribution in [0, 0.1) is 0 Å². The third-order valence-electron chi connectivity index (χ3n) is 1.70. The molecule has 0 radical (unpaired) electrons. The second-order valence-electron chi connectivity index (χ2n) is 2.82. The molecule has 1 amide bonds. The molecular weight excluding hydrogens is 314 g/mol. The largest absolute Gasteiger partial charge is 0.320 e. The number of hydrogen-bond acceptors (Lipinski definition) is 4. The number of hydrogen-bond donors (Lipinski definition) is 1. The van der Waals surface area contributed by atoms with Crippen LogP contribution in [0.4, 0.5) is 5.69 Å². The van der Waals surface area contributed by atoms with Crippen molar-refractivity contribution in [2.75, 3.05) is 5.32 Å². The Morgan fingerprint density at radius 3 is 2.56 bits per heavy atom. The van der Waals surface area contributed by atoms with Crippen LogP contribution in [0.15, 0.2) is 28.7 Å². The summed E-state index contributed by atoms with van der Waals surface area (Å²) in [4.78, 5) is 11.6. The SMILES string of the molecule is O=C(Nc1ccc(Br)cc1)c1nnc(Cl)s1. The topological polar surface area (TPSA) is 54.9 Å². The molecule has 0 aliphatic carbocycles. The number of carbonyl (C=O) groups is 1. The molecule has 0 saturated heterocycles. The first-order chi connectivity index (χ1) is 7.65. The van der Waals surface area contributed by atoms with Gasteiger partial charge in [-0.1, -0.05) is 27.3 Å². The third kappa shape index (κ3) is 2.78. The van der Waals surface area contributed by atoms with E-state index >= 15 is 0 Å². The molecule has 1 N–H and O–H groups in total. The van der Waals surface area contributed by atoms with Crippen molar-refractivity contribution in [1.82, 2.24) is 10.2 Å². The van der Waals surface area contributed by atoms with Gasteiger partial charge in [0.25, 0.3) is 5.91 Å². The molecule has 2 aromatic rings. The fourth-order valence-corrected chi connectivity index (χ4v) is 2.00. The molecule has 0 saturated carbocycles. The number of benzene rings is 1. The van der Waals surface area contributed by atoms with E-state index in [1.807, 2.05) is 12.1 Å². The van der Waals surface area contributed by atoms with Gasteiger partial charge in [0, 0.05) is 10.2 Å². The summed E-state index contributed by atoms with van der Waals surface area (Å²) in [6.07, 6.45) is 0. The summed E-state index contributed by atoms with van der Waals surface area (Å²) in [6.45, 7) is 0. The van der Waals surface area contributed by atoms with Gasteiger partial charge in [0.1, 0.15) is 0 Å². The van der Waals surface area contributed by atoms with E-state index in [0.717, 1.165) is 15.8 Å². The van der Waals surface area contributed by atoms with Crippen LogP contribution in [0.2, 0.25) is 4.47 Å². The van der Waals surface area contributed by atoms with Crippen molar-refractivity contribution in [3.8, 4) is 0 Å². The van der Waals surface area contributed by atoms with E-state index in [9.17, 15) is 4.79 Å². The Labute approximate surface area is 109 Å². The minimum atomic E-state index is -0.313. The zero-order chi connectivity index (χ0) is 11.5. The van der Waals surface area contributed by atoms with Gasteiger partial charge in [-0.3, -0.25) is 4.79 Å². The molecule has 4 nitrogen and oxygen atoms in total. The lowest BCUT2D eigenvalue weighted by Gasteiger charge is -2.01. The Bertz CT molecular complexity index is 514. The molecule has 0 bridgehead atoms. The van der Waals surface area contributed by atoms with Crippen LogP contribution in [-0.4, -0.2) is 16.1 Å². The van der Waals surface area contributed by atoms with Crippen LogP contribution in [-0.2, 0) is 0 Å². The van der Waals surface area contributed by atoms with Crippen LogP contribution in [0.1, 0.15) is 9.80 Å². The lowest BCUT2D eigenvalue weighted by molar-refractivity contribution is 0.102. The van der Waals surface area contributed by atoms with Crippen molar-refractivity contribution in [3.05, 3.63) is 38.2 Å². The molecule has 0 spiro atoms. The highest BCUT2D eigenvalue weighted by Gasteiger charge is 2.11. The highest BCUT2D eigenvalue weighted by molar-refractivity contribution is 9.10. The summed E-state index contributed by atoms with van der Waals surface area (Å²) >= 11 is 9.94. The normalized spacial score (nSPS) is 10.1. The number of nitrogens with one attached hydrogen (secondary N) is 1. The molecular formula is C9H5BrClN3OS. The fourth-order valence-electron chi connectivity index (χ4n) is 1.01. The zero-order valence-electron chi connectivity index (χ0n) is 7.78. The first-order valence-corrected chi connectivity index (χ1v) is 6.20. The molecule has 1 aromatic heterocycles. The van der Waals surface area contributed by atoms with Crippen LogP contribution in [0.3, 0.4) is 0 Å². The molecule has 0 atom stereocenters. The monoisotopic (exact) mass is 317 g/mol. The highest BCUT2D eigenvalue weighted by Crippen LogP contribution is 2.18. The van der Waals surface area contributed by atoms with E-state index in [4.69, 9.17) is 11.6 Å². The Hall–Kier alpha value is -0.980. The number of aromatic nitrogens is 2. The van der Waals surface area contributed by atoms with E-state index in [-0.39, 0.29) is 15.4 Å². The summed E-state index contributed by atoms with van der Waals surface area (Å²) in [7, 11) is 0. The predicted octanol–water partition coefficient (Wildman–Crippen LogP) is 3.21. The number of amides is 1. The molecule has 0 fully saturated rings. The van der Waals surface area contributed by atoms with Crippen LogP contribution in [0.5, 0.6) is 0 Å². The molecule has 0 unspecified atom stereocenters. The summed E-state index contributed by atoms with van der Waals surface area (Å²) in [5.41, 5.74) is 0.694. The van der Waals surface area contributed by atoms with Crippen molar-refractivity contribution in [3.63, 3.8) is 0 Å². The van der Waals surface area contributed by atoms with Gasteiger partial charge >= 0.3 is 0 Å². The van der Waals surface area contributed by atoms with Gasteiger partial charge in [-0.25, -0.2) is 0 Å². The van der Waals surface area contributed by atoms with Crippen LogP contribution >= 0.6 is 38.9 Å². The molecule has 2 rings (SSSR count). The Morgan fingerprint density at radius 2 is 2.00 bits per heavy atom. The number of carbonyl (C=O) groups excluding carboxylic acids is 1. The highest BCUT2D eigenvalue weighted by atomic mass is 79.9. The molecule has 82 valence electrons. The van der Waals surface area contributed by atoms with Crippen molar-refractivity contribution in [2.45, 2.75) is 0 Å². The molecule has 7 heteroatoms. The lowest BCUT2D eigenvalue weighted by Crippen LogP contribution is -2.11. The molecule has 1 aromatic carbocycles. The third-order valence-corrected chi connectivity index (χ3v) is 3.24. The Balaban J connectivity index is 2.10. The first kappa shape index (κ1) is 11.5. The number of nitrogens with zero attached hydrogens (tertiary/aromatic N) is 2. The fraction of sp³-hybridized carbons (Fsp3) is 0. The van der Waals surface area contributed by atoms with Crippen LogP contribution < -0.4 is 5.32 Å². The average Bonchev–Trinajstić information content (AvgIpc) is 2.68. The predicted molar refractivity (Wildman–Crippen MR) is 67.0 cm³/mol. The summed E-state index contributed by atoms with van der Waals surface area (Å²) in [5.74, 6) is -0.313. The van der Waals surface area contributed by atoms with Crippen molar-refractivity contribution < 1.29 is 4.79 Å². The smallest absolute Gasteiger partial charge is 0.286 e. The van der Waals surface area contributed by atoms with Crippen molar-refractivity contribution >= 4 is 50.5 Å². The van der Waals surface area contributed by atoms with Crippen molar-refractivity contribution in [1.29, 1.82) is 0 Å². The quantitative estimate of drug-likeness (QED) is 0.925. The summed E-state index contributed by atoms with van der Waals surface area (Å²) in [5, 5.41) is 10.1. The number of rotatable bonds is 2. The van der Waals surface area contributed by atoms with E-state index in [1.54, 1.807) is 12.1 Å². The summed E-state index contributed by atoms with van der Waals surface area (Å²) < 4.78 is 1.20. The molecule has 0 aliphatic rings. The molecule has 16 heavy (non-hydrogen) atoms. The minimum absolute atomic E-state index is 0.243. The maximum absolute atomic E-state index is 11.6. The Kier molecular flexibility index (Phi) is 3.52. The average molecular weight is 319 g/mol. The van der Waals surface area contributed by atoms with Gasteiger partial charge in [0.15, 0.2) is 0 Å². The minimum Gasteiger partial charge on any atom is -0.320 e. The van der Waals surface area contributed by atoms with Gasteiger partial charge in [0.05, 0.1) is 0 Å². The van der Waals surface area contributed by atoms with E-state index in [2.05, 4.69) is 31.4 Å². The molecule has 1 heterocycles. The van der Waals surface area contributed by atoms with E-state index in [0.29, 0.717) is 5.69 Å². The second-order valence-corrected chi connectivity index (χ2v) is 5.30. The standard InChI is InChI=1S/C9H5BrClN3OS/c10-5-1-3-6(4-2-5)12-7(15)8-13-14-9(11)16-8/h1-4H,(H,12,15). The van der Waals surface area contributed by atoms with Gasteiger partial charge in [-0.15, -0.1) is 10.2 Å². The van der Waals surface area contributed by atoms with Gasteiger partial charge < -0.3 is 5.32 Å². The molecule has 0 aliphatic heterocycles. The maximum Gasteiger partial charge on any atom is 0.286 e. The number of halogens is 2. The first-order valence-electron chi connectivity index (χ1n) is 4.21. The second kappa shape index (κ2) is 4.90. The zero-order valence-corrected chi connectivity index (χ0v) is 10.9. The van der Waals surface area contributed by atoms with E-state index < -0.39 is 0 Å². The maximum atomic E-state index is 11.6. The lowest BCUT2D eigenvalue weighted by atomic mass is 10.3. The summed E-state index contributed by atoms with van der Waals surface area (Å²) in [6, 6.07) is 7.24. The van der Waals surface area contributed by atoms with E-state index in [1.165, 1.54) is 0 Å². The van der Waals surface area contributed by atoms with Gasteiger partial charge in [-0.2, -0.15) is 0 Å². The van der Waals surface area contributed by atoms with Crippen LogP contribution in [0.25, 0.3) is 0 Å². The van der Waals surface area contributed by atoms with Gasteiger partial charge in [-0.05, 0) is 35.9 Å². The van der Waals surface area contributed by atoms with Gasteiger partial charge in [0.2, 0.25) is 9.47 Å². The Morgan fingerprint density at radius 1 is 1.31 bits per heavy atom. The van der Waals surface area contributed by atoms with Crippen molar-refractivity contribution in [2.24, 2.45) is 0 Å².